The van der Waals surface area contributed by atoms with Crippen LogP contribution in [0.3, 0.4) is 0 Å². The van der Waals surface area contributed by atoms with Crippen molar-refractivity contribution in [3.8, 4) is 11.5 Å². The van der Waals surface area contributed by atoms with Gasteiger partial charge in [0.1, 0.15) is 23.6 Å². The molecule has 176 valence electrons. The van der Waals surface area contributed by atoms with Crippen molar-refractivity contribution in [1.29, 1.82) is 0 Å². The number of fused-ring (bicyclic) bond motifs is 3. The van der Waals surface area contributed by atoms with Crippen molar-refractivity contribution in [2.45, 2.75) is 24.2 Å². The van der Waals surface area contributed by atoms with Crippen molar-refractivity contribution in [3.63, 3.8) is 0 Å². The van der Waals surface area contributed by atoms with Crippen LogP contribution in [0, 0.1) is 6.92 Å². The van der Waals surface area contributed by atoms with Gasteiger partial charge in [-0.15, -0.1) is 5.10 Å². The zero-order chi connectivity index (χ0) is 24.1. The van der Waals surface area contributed by atoms with Gasteiger partial charge in [0.05, 0.1) is 12.8 Å². The zero-order valence-electron chi connectivity index (χ0n) is 19.4. The van der Waals surface area contributed by atoms with Crippen LogP contribution in [-0.4, -0.2) is 28.1 Å². The number of aryl methyl sites for hydroxylation is 1. The van der Waals surface area contributed by atoms with Gasteiger partial charge in [-0.05, 0) is 54.6 Å². The average molecular weight is 503 g/mol. The van der Waals surface area contributed by atoms with Gasteiger partial charge in [0.2, 0.25) is 11.1 Å². The quantitative estimate of drug-likeness (QED) is 0.320. The molecule has 1 aromatic heterocycles. The Morgan fingerprint density at radius 3 is 2.49 bits per heavy atom. The second-order valence-electron chi connectivity index (χ2n) is 8.55. The normalized spacial score (nSPS) is 18.2. The first-order valence-electron chi connectivity index (χ1n) is 11.2. The summed E-state index contributed by atoms with van der Waals surface area (Å²) in [6.07, 6.45) is 1.65. The smallest absolute Gasteiger partial charge is 0.227 e. The molecule has 0 amide bonds. The number of benzene rings is 3. The fourth-order valence-corrected chi connectivity index (χ4v) is 5.21. The molecule has 2 aliphatic heterocycles. The van der Waals surface area contributed by atoms with Gasteiger partial charge in [-0.1, -0.05) is 65.3 Å². The highest BCUT2D eigenvalue weighted by molar-refractivity contribution is 7.98. The first-order chi connectivity index (χ1) is 17.1. The minimum Gasteiger partial charge on any atom is -0.497 e. The van der Waals surface area contributed by atoms with Crippen molar-refractivity contribution < 1.29 is 9.47 Å². The molecule has 0 spiro atoms. The SMILES string of the molecule is COc1ccc(C2C3=C(Nc4nc(SC)nn42)c2cc(Cl)ccc2OC3c2ccc(C)cc2)cc1. The number of hydrogen-bond acceptors (Lipinski definition) is 6. The molecule has 0 bridgehead atoms. The fourth-order valence-electron chi connectivity index (χ4n) is 4.69. The van der Waals surface area contributed by atoms with Crippen molar-refractivity contribution in [2.75, 3.05) is 18.7 Å². The number of thioether (sulfide) groups is 1. The summed E-state index contributed by atoms with van der Waals surface area (Å²) in [5.74, 6) is 2.26. The average Bonchev–Trinajstić information content (AvgIpc) is 3.31. The lowest BCUT2D eigenvalue weighted by atomic mass is 9.84. The summed E-state index contributed by atoms with van der Waals surface area (Å²) in [4.78, 5) is 4.75. The van der Waals surface area contributed by atoms with Crippen LogP contribution >= 0.6 is 23.4 Å². The second kappa shape index (κ2) is 8.66. The first kappa shape index (κ1) is 22.1. The summed E-state index contributed by atoms with van der Waals surface area (Å²) >= 11 is 7.95. The largest absolute Gasteiger partial charge is 0.497 e. The van der Waals surface area contributed by atoms with E-state index in [4.69, 9.17) is 31.2 Å². The highest BCUT2D eigenvalue weighted by Gasteiger charge is 2.41. The topological polar surface area (TPSA) is 61.2 Å². The van der Waals surface area contributed by atoms with Crippen LogP contribution in [0.5, 0.6) is 11.5 Å². The number of halogens is 1. The van der Waals surface area contributed by atoms with Crippen LogP contribution in [0.15, 0.2) is 77.5 Å². The maximum atomic E-state index is 6.68. The molecule has 6 nitrogen and oxygen atoms in total. The van der Waals surface area contributed by atoms with E-state index in [2.05, 4.69) is 48.6 Å². The maximum absolute atomic E-state index is 6.68. The Balaban J connectivity index is 1.62. The molecule has 0 saturated carbocycles. The highest BCUT2D eigenvalue weighted by atomic mass is 35.5. The minimum atomic E-state index is -0.325. The van der Waals surface area contributed by atoms with E-state index in [1.807, 2.05) is 41.3 Å². The lowest BCUT2D eigenvalue weighted by Crippen LogP contribution is -2.32. The Morgan fingerprint density at radius 2 is 1.77 bits per heavy atom. The van der Waals surface area contributed by atoms with E-state index in [9.17, 15) is 0 Å². The summed E-state index contributed by atoms with van der Waals surface area (Å²) < 4.78 is 14.0. The van der Waals surface area contributed by atoms with Crippen molar-refractivity contribution in [2.24, 2.45) is 0 Å². The molecule has 3 heterocycles. The predicted octanol–water partition coefficient (Wildman–Crippen LogP) is 6.53. The van der Waals surface area contributed by atoms with E-state index < -0.39 is 0 Å². The number of ether oxygens (including phenoxy) is 2. The molecule has 3 aromatic carbocycles. The number of hydrogen-bond donors (Lipinski definition) is 1. The van der Waals surface area contributed by atoms with Gasteiger partial charge in [0.15, 0.2) is 0 Å². The van der Waals surface area contributed by atoms with Gasteiger partial charge in [-0.2, -0.15) is 4.98 Å². The third-order valence-electron chi connectivity index (χ3n) is 6.41. The molecule has 2 aliphatic rings. The molecule has 0 radical (unpaired) electrons. The van der Waals surface area contributed by atoms with Crippen molar-refractivity contribution in [3.05, 3.63) is 99.6 Å². The summed E-state index contributed by atoms with van der Waals surface area (Å²) in [5.41, 5.74) is 6.24. The molecular weight excluding hydrogens is 480 g/mol. The molecular formula is C27H23ClN4O2S. The van der Waals surface area contributed by atoms with E-state index in [1.165, 1.54) is 17.3 Å². The Hall–Kier alpha value is -3.42. The molecule has 6 rings (SSSR count). The standard InChI is InChI=1S/C27H23ClN4O2S/c1-15-4-6-17(7-5-15)25-22-23(20-14-18(28)10-13-21(20)34-25)29-26-30-27(35-3)31-32(26)24(22)16-8-11-19(33-2)12-9-16/h4-14,24-25H,1-3H3,(H,29,30,31). The van der Waals surface area contributed by atoms with Gasteiger partial charge < -0.3 is 14.8 Å². The summed E-state index contributed by atoms with van der Waals surface area (Å²) in [6, 6.07) is 22.1. The van der Waals surface area contributed by atoms with Crippen LogP contribution in [0.2, 0.25) is 5.02 Å². The molecule has 0 fully saturated rings. The minimum absolute atomic E-state index is 0.237. The number of nitrogens with zero attached hydrogens (tertiary/aromatic N) is 3. The molecule has 0 aliphatic carbocycles. The predicted molar refractivity (Wildman–Crippen MR) is 139 cm³/mol. The maximum Gasteiger partial charge on any atom is 0.227 e. The van der Waals surface area contributed by atoms with E-state index >= 15 is 0 Å². The third kappa shape index (κ3) is 3.75. The van der Waals surface area contributed by atoms with E-state index in [0.29, 0.717) is 16.1 Å². The Bertz CT molecular complexity index is 1450. The number of nitrogens with one attached hydrogen (secondary N) is 1. The lowest BCUT2D eigenvalue weighted by Gasteiger charge is -2.39. The van der Waals surface area contributed by atoms with Crippen molar-refractivity contribution in [1.82, 2.24) is 14.8 Å². The van der Waals surface area contributed by atoms with Gasteiger partial charge in [0.25, 0.3) is 0 Å². The van der Waals surface area contributed by atoms with Gasteiger partial charge in [-0.3, -0.25) is 0 Å². The molecule has 1 N–H and O–H groups in total. The number of anilines is 1. The molecule has 8 heteroatoms. The molecule has 4 aromatic rings. The van der Waals surface area contributed by atoms with Crippen LogP contribution in [0.4, 0.5) is 5.95 Å². The zero-order valence-corrected chi connectivity index (χ0v) is 21.0. The molecule has 2 atom stereocenters. The summed E-state index contributed by atoms with van der Waals surface area (Å²) in [5, 5.41) is 9.74. The lowest BCUT2D eigenvalue weighted by molar-refractivity contribution is 0.223. The van der Waals surface area contributed by atoms with E-state index in [1.54, 1.807) is 7.11 Å². The molecule has 2 unspecified atom stereocenters. The van der Waals surface area contributed by atoms with Crippen LogP contribution in [-0.2, 0) is 0 Å². The van der Waals surface area contributed by atoms with Crippen LogP contribution < -0.4 is 14.8 Å². The van der Waals surface area contributed by atoms with E-state index in [-0.39, 0.29) is 12.1 Å². The number of rotatable bonds is 4. The fraction of sp³-hybridized carbons (Fsp3) is 0.185. The number of aromatic nitrogens is 3. The summed E-state index contributed by atoms with van der Waals surface area (Å²) in [6.45, 7) is 2.08. The highest BCUT2D eigenvalue weighted by Crippen LogP contribution is 2.51. The molecule has 35 heavy (non-hydrogen) atoms. The number of methoxy groups -OCH3 is 1. The van der Waals surface area contributed by atoms with Crippen LogP contribution in [0.25, 0.3) is 5.70 Å². The third-order valence-corrected chi connectivity index (χ3v) is 7.18. The second-order valence-corrected chi connectivity index (χ2v) is 9.76. The van der Waals surface area contributed by atoms with Gasteiger partial charge in [0, 0.05) is 16.2 Å². The Morgan fingerprint density at radius 1 is 1.03 bits per heavy atom. The summed E-state index contributed by atoms with van der Waals surface area (Å²) in [7, 11) is 1.67. The van der Waals surface area contributed by atoms with Crippen molar-refractivity contribution >= 4 is 35.0 Å². The van der Waals surface area contributed by atoms with Crippen LogP contribution in [0.1, 0.15) is 34.4 Å². The molecule has 0 saturated heterocycles. The van der Waals surface area contributed by atoms with E-state index in [0.717, 1.165) is 39.5 Å². The van der Waals surface area contributed by atoms with Gasteiger partial charge >= 0.3 is 0 Å². The Labute approximate surface area is 212 Å². The first-order valence-corrected chi connectivity index (χ1v) is 12.8. The van der Waals surface area contributed by atoms with Gasteiger partial charge in [-0.25, -0.2) is 4.68 Å². The monoisotopic (exact) mass is 502 g/mol. The Kier molecular flexibility index (Phi) is 5.46.